The fourth-order valence-corrected chi connectivity index (χ4v) is 3.91. The first kappa shape index (κ1) is 15.0. The molecule has 1 aromatic rings. The number of rotatable bonds is 5. The molecule has 0 radical (unpaired) electrons. The molecule has 2 aliphatic rings. The van der Waals surface area contributed by atoms with E-state index in [-0.39, 0.29) is 24.2 Å². The van der Waals surface area contributed by atoms with Crippen LogP contribution in [0.4, 0.5) is 0 Å². The number of hydrogen-bond donors (Lipinski definition) is 1. The first-order valence-electron chi connectivity index (χ1n) is 7.85. The number of carbonyl (C=O) groups is 1. The smallest absolute Gasteiger partial charge is 0.241 e. The van der Waals surface area contributed by atoms with Crippen molar-refractivity contribution in [2.75, 3.05) is 13.2 Å². The average molecular weight is 308 g/mol. The maximum absolute atomic E-state index is 12.7. The van der Waals surface area contributed by atoms with Crippen molar-refractivity contribution < 1.29 is 9.53 Å². The standard InChI is InChI=1S/C16H24N2O2S/c1-11(2)8-14-16(19)18(9-13-4-3-6-20-13)15(17-14)12-5-7-21-10-12/h5,7,10-11,13-15,17H,3-4,6,8-9H2,1-2H3. The van der Waals surface area contributed by atoms with E-state index in [9.17, 15) is 4.79 Å². The van der Waals surface area contributed by atoms with E-state index in [2.05, 4.69) is 36.0 Å². The molecule has 3 unspecified atom stereocenters. The summed E-state index contributed by atoms with van der Waals surface area (Å²) in [5.41, 5.74) is 1.19. The van der Waals surface area contributed by atoms with Crippen LogP contribution < -0.4 is 5.32 Å². The molecule has 2 aliphatic heterocycles. The molecule has 1 N–H and O–H groups in total. The van der Waals surface area contributed by atoms with Gasteiger partial charge in [-0.15, -0.1) is 0 Å². The third kappa shape index (κ3) is 3.30. The van der Waals surface area contributed by atoms with Crippen LogP contribution in [-0.2, 0) is 9.53 Å². The zero-order valence-corrected chi connectivity index (χ0v) is 13.6. The Hall–Kier alpha value is -0.910. The molecule has 5 heteroatoms. The van der Waals surface area contributed by atoms with Gasteiger partial charge in [0.15, 0.2) is 0 Å². The Kier molecular flexibility index (Phi) is 4.62. The number of ether oxygens (including phenoxy) is 1. The molecule has 3 rings (SSSR count). The second kappa shape index (κ2) is 6.46. The normalized spacial score (nSPS) is 29.8. The summed E-state index contributed by atoms with van der Waals surface area (Å²) in [7, 11) is 0. The summed E-state index contributed by atoms with van der Waals surface area (Å²) in [4.78, 5) is 14.7. The molecule has 1 aromatic heterocycles. The van der Waals surface area contributed by atoms with Gasteiger partial charge in [0.05, 0.1) is 12.1 Å². The summed E-state index contributed by atoms with van der Waals surface area (Å²) in [6, 6.07) is 2.05. The molecule has 0 spiro atoms. The zero-order chi connectivity index (χ0) is 14.8. The van der Waals surface area contributed by atoms with Gasteiger partial charge in [-0.1, -0.05) is 13.8 Å². The monoisotopic (exact) mass is 308 g/mol. The molecular formula is C16H24N2O2S. The number of nitrogens with one attached hydrogen (secondary N) is 1. The van der Waals surface area contributed by atoms with Crippen LogP contribution in [0.25, 0.3) is 0 Å². The van der Waals surface area contributed by atoms with Gasteiger partial charge in [-0.3, -0.25) is 10.1 Å². The van der Waals surface area contributed by atoms with E-state index in [1.54, 1.807) is 11.3 Å². The highest BCUT2D eigenvalue weighted by atomic mass is 32.1. The SMILES string of the molecule is CC(C)CC1NC(c2ccsc2)N(CC2CCCO2)C1=O. The molecule has 2 saturated heterocycles. The molecular weight excluding hydrogens is 284 g/mol. The molecule has 3 heterocycles. The Bertz CT molecular complexity index is 469. The largest absolute Gasteiger partial charge is 0.376 e. The Balaban J connectivity index is 1.76. The van der Waals surface area contributed by atoms with Crippen molar-refractivity contribution in [1.82, 2.24) is 10.2 Å². The van der Waals surface area contributed by atoms with E-state index < -0.39 is 0 Å². The minimum atomic E-state index is -0.0590. The highest BCUT2D eigenvalue weighted by Gasteiger charge is 2.41. The van der Waals surface area contributed by atoms with E-state index in [1.807, 2.05) is 4.90 Å². The Morgan fingerprint density at radius 1 is 1.52 bits per heavy atom. The van der Waals surface area contributed by atoms with Gasteiger partial charge in [-0.25, -0.2) is 0 Å². The molecule has 0 saturated carbocycles. The van der Waals surface area contributed by atoms with Gasteiger partial charge in [-0.05, 0) is 47.6 Å². The maximum Gasteiger partial charge on any atom is 0.241 e. The van der Waals surface area contributed by atoms with Gasteiger partial charge >= 0.3 is 0 Å². The van der Waals surface area contributed by atoms with E-state index in [4.69, 9.17) is 4.74 Å². The van der Waals surface area contributed by atoms with Crippen LogP contribution in [0.2, 0.25) is 0 Å². The Morgan fingerprint density at radius 3 is 3.00 bits per heavy atom. The van der Waals surface area contributed by atoms with Crippen molar-refractivity contribution in [1.29, 1.82) is 0 Å². The third-order valence-corrected chi connectivity index (χ3v) is 4.94. The van der Waals surface area contributed by atoms with Crippen LogP contribution in [0, 0.1) is 5.92 Å². The molecule has 116 valence electrons. The highest BCUT2D eigenvalue weighted by Crippen LogP contribution is 2.30. The van der Waals surface area contributed by atoms with Crippen LogP contribution in [0.5, 0.6) is 0 Å². The quantitative estimate of drug-likeness (QED) is 0.909. The van der Waals surface area contributed by atoms with Crippen molar-refractivity contribution in [3.05, 3.63) is 22.4 Å². The maximum atomic E-state index is 12.7. The Labute approximate surface area is 130 Å². The number of hydrogen-bond acceptors (Lipinski definition) is 4. The van der Waals surface area contributed by atoms with Crippen LogP contribution >= 0.6 is 11.3 Å². The van der Waals surface area contributed by atoms with E-state index in [0.717, 1.165) is 25.9 Å². The van der Waals surface area contributed by atoms with Crippen molar-refractivity contribution in [2.45, 2.75) is 51.4 Å². The first-order chi connectivity index (χ1) is 10.1. The first-order valence-corrected chi connectivity index (χ1v) is 8.79. The van der Waals surface area contributed by atoms with Crippen molar-refractivity contribution in [3.8, 4) is 0 Å². The van der Waals surface area contributed by atoms with E-state index >= 15 is 0 Å². The summed E-state index contributed by atoms with van der Waals surface area (Å²) in [5.74, 6) is 0.743. The minimum absolute atomic E-state index is 0.0108. The molecule has 0 aromatic carbocycles. The van der Waals surface area contributed by atoms with E-state index in [0.29, 0.717) is 12.5 Å². The lowest BCUT2D eigenvalue weighted by Crippen LogP contribution is -2.37. The molecule has 1 amide bonds. The summed E-state index contributed by atoms with van der Waals surface area (Å²) in [5, 5.41) is 7.73. The molecule has 0 bridgehead atoms. The van der Waals surface area contributed by atoms with Gasteiger partial charge in [0.25, 0.3) is 0 Å². The molecule has 2 fully saturated rings. The molecule has 4 nitrogen and oxygen atoms in total. The van der Waals surface area contributed by atoms with Crippen molar-refractivity contribution in [3.63, 3.8) is 0 Å². The van der Waals surface area contributed by atoms with Crippen LogP contribution in [0.3, 0.4) is 0 Å². The Morgan fingerprint density at radius 2 is 2.38 bits per heavy atom. The van der Waals surface area contributed by atoms with Crippen LogP contribution in [-0.4, -0.2) is 36.1 Å². The lowest BCUT2D eigenvalue weighted by Gasteiger charge is -2.26. The summed E-state index contributed by atoms with van der Waals surface area (Å²) >= 11 is 1.68. The van der Waals surface area contributed by atoms with Gasteiger partial charge in [0.1, 0.15) is 6.17 Å². The predicted octanol–water partition coefficient (Wildman–Crippen LogP) is 2.77. The van der Waals surface area contributed by atoms with Crippen LogP contribution in [0.1, 0.15) is 44.8 Å². The summed E-state index contributed by atoms with van der Waals surface area (Å²) in [6.07, 6.45) is 3.28. The van der Waals surface area contributed by atoms with Crippen molar-refractivity contribution >= 4 is 17.2 Å². The third-order valence-electron chi connectivity index (χ3n) is 4.24. The van der Waals surface area contributed by atoms with Crippen LogP contribution in [0.15, 0.2) is 16.8 Å². The van der Waals surface area contributed by atoms with Gasteiger partial charge in [-0.2, -0.15) is 11.3 Å². The zero-order valence-electron chi connectivity index (χ0n) is 12.7. The van der Waals surface area contributed by atoms with E-state index in [1.165, 1.54) is 5.56 Å². The highest BCUT2D eigenvalue weighted by molar-refractivity contribution is 7.07. The lowest BCUT2D eigenvalue weighted by atomic mass is 10.0. The summed E-state index contributed by atoms with van der Waals surface area (Å²) < 4.78 is 5.73. The minimum Gasteiger partial charge on any atom is -0.376 e. The molecule has 21 heavy (non-hydrogen) atoms. The second-order valence-corrected chi connectivity index (χ2v) is 7.21. The van der Waals surface area contributed by atoms with Gasteiger partial charge in [0.2, 0.25) is 5.91 Å². The number of carbonyl (C=O) groups excluding carboxylic acids is 1. The second-order valence-electron chi connectivity index (χ2n) is 6.43. The topological polar surface area (TPSA) is 41.6 Å². The molecule has 3 atom stereocenters. The van der Waals surface area contributed by atoms with Crippen molar-refractivity contribution in [2.24, 2.45) is 5.92 Å². The number of nitrogens with zero attached hydrogens (tertiary/aromatic N) is 1. The fourth-order valence-electron chi connectivity index (χ4n) is 3.23. The number of amides is 1. The fraction of sp³-hybridized carbons (Fsp3) is 0.688. The average Bonchev–Trinajstić information content (AvgIpc) is 3.15. The summed E-state index contributed by atoms with van der Waals surface area (Å²) in [6.45, 7) is 5.87. The predicted molar refractivity (Wildman–Crippen MR) is 84.1 cm³/mol. The molecule has 0 aliphatic carbocycles. The van der Waals surface area contributed by atoms with Gasteiger partial charge < -0.3 is 9.64 Å². The van der Waals surface area contributed by atoms with Gasteiger partial charge in [0, 0.05) is 13.2 Å². The number of thiophene rings is 1. The lowest BCUT2D eigenvalue weighted by molar-refractivity contribution is -0.131.